The topological polar surface area (TPSA) is 21.3 Å². The lowest BCUT2D eigenvalue weighted by Crippen LogP contribution is -2.34. The number of nitrogens with one attached hydrogen (secondary N) is 1. The summed E-state index contributed by atoms with van der Waals surface area (Å²) in [5, 5.41) is 3.63. The molecule has 2 nitrogen and oxygen atoms in total. The van der Waals surface area contributed by atoms with Gasteiger partial charge in [0.2, 0.25) is 0 Å². The van der Waals surface area contributed by atoms with Crippen LogP contribution in [0.15, 0.2) is 24.3 Å². The van der Waals surface area contributed by atoms with Gasteiger partial charge in [0.05, 0.1) is 7.11 Å². The van der Waals surface area contributed by atoms with Crippen molar-refractivity contribution in [3.63, 3.8) is 0 Å². The third-order valence-corrected chi connectivity index (χ3v) is 4.59. The van der Waals surface area contributed by atoms with Crippen LogP contribution >= 0.6 is 0 Å². The Labute approximate surface area is 123 Å². The number of rotatable bonds is 5. The van der Waals surface area contributed by atoms with Crippen LogP contribution in [0.3, 0.4) is 0 Å². The molecule has 20 heavy (non-hydrogen) atoms. The standard InChI is InChI=1S/C18H29NO/c1-13(2)19-12-16-6-5-14(3)11-18(16)15-7-9-17(20-4)10-8-15/h7-10,13-14,16,18-19H,5-6,11-12H2,1-4H3. The zero-order chi connectivity index (χ0) is 14.5. The number of hydrogen-bond acceptors (Lipinski definition) is 2. The molecule has 0 amide bonds. The van der Waals surface area contributed by atoms with Gasteiger partial charge in [-0.15, -0.1) is 0 Å². The Kier molecular flexibility index (Phi) is 5.47. The molecule has 0 bridgehead atoms. The molecule has 3 atom stereocenters. The van der Waals surface area contributed by atoms with Crippen molar-refractivity contribution in [2.45, 2.75) is 52.0 Å². The summed E-state index contributed by atoms with van der Waals surface area (Å²) in [6.45, 7) is 7.99. The zero-order valence-corrected chi connectivity index (χ0v) is 13.4. The van der Waals surface area contributed by atoms with E-state index in [1.54, 1.807) is 7.11 Å². The van der Waals surface area contributed by atoms with Gasteiger partial charge in [-0.3, -0.25) is 0 Å². The van der Waals surface area contributed by atoms with Crippen molar-refractivity contribution in [1.82, 2.24) is 5.32 Å². The molecule has 1 aromatic rings. The molecule has 1 aliphatic carbocycles. The largest absolute Gasteiger partial charge is 0.497 e. The summed E-state index contributed by atoms with van der Waals surface area (Å²) in [4.78, 5) is 0. The molecule has 1 fully saturated rings. The van der Waals surface area contributed by atoms with Gasteiger partial charge in [0.15, 0.2) is 0 Å². The lowest BCUT2D eigenvalue weighted by atomic mass is 9.71. The highest BCUT2D eigenvalue weighted by molar-refractivity contribution is 5.30. The van der Waals surface area contributed by atoms with Gasteiger partial charge in [-0.2, -0.15) is 0 Å². The molecule has 112 valence electrons. The van der Waals surface area contributed by atoms with Crippen LogP contribution in [0.5, 0.6) is 5.75 Å². The van der Waals surface area contributed by atoms with E-state index in [-0.39, 0.29) is 0 Å². The van der Waals surface area contributed by atoms with Crippen LogP contribution in [0.4, 0.5) is 0 Å². The summed E-state index contributed by atoms with van der Waals surface area (Å²) in [7, 11) is 1.73. The fourth-order valence-corrected chi connectivity index (χ4v) is 3.33. The third kappa shape index (κ3) is 3.99. The van der Waals surface area contributed by atoms with Crippen molar-refractivity contribution in [2.75, 3.05) is 13.7 Å². The van der Waals surface area contributed by atoms with E-state index < -0.39 is 0 Å². The molecule has 0 heterocycles. The predicted molar refractivity (Wildman–Crippen MR) is 85.4 cm³/mol. The highest BCUT2D eigenvalue weighted by Crippen LogP contribution is 2.40. The SMILES string of the molecule is COc1ccc(C2CC(C)CCC2CNC(C)C)cc1. The first-order valence-corrected chi connectivity index (χ1v) is 7.97. The van der Waals surface area contributed by atoms with E-state index >= 15 is 0 Å². The Morgan fingerprint density at radius 1 is 1.20 bits per heavy atom. The second-order valence-corrected chi connectivity index (χ2v) is 6.62. The summed E-state index contributed by atoms with van der Waals surface area (Å²) in [5.41, 5.74) is 1.48. The summed E-state index contributed by atoms with van der Waals surface area (Å²) in [6, 6.07) is 9.28. The minimum Gasteiger partial charge on any atom is -0.497 e. The van der Waals surface area contributed by atoms with E-state index in [4.69, 9.17) is 4.74 Å². The van der Waals surface area contributed by atoms with Crippen LogP contribution in [0, 0.1) is 11.8 Å². The molecule has 3 unspecified atom stereocenters. The van der Waals surface area contributed by atoms with Crippen molar-refractivity contribution in [3.8, 4) is 5.75 Å². The summed E-state index contributed by atoms with van der Waals surface area (Å²) in [6.07, 6.45) is 4.03. The number of methoxy groups -OCH3 is 1. The summed E-state index contributed by atoms with van der Waals surface area (Å²) >= 11 is 0. The molecule has 1 saturated carbocycles. The van der Waals surface area contributed by atoms with E-state index in [9.17, 15) is 0 Å². The Morgan fingerprint density at radius 3 is 2.50 bits per heavy atom. The minimum atomic E-state index is 0.575. The lowest BCUT2D eigenvalue weighted by molar-refractivity contribution is 0.238. The van der Waals surface area contributed by atoms with Gasteiger partial charge in [-0.05, 0) is 54.8 Å². The molecule has 1 N–H and O–H groups in total. The smallest absolute Gasteiger partial charge is 0.118 e. The minimum absolute atomic E-state index is 0.575. The van der Waals surface area contributed by atoms with Gasteiger partial charge in [0.1, 0.15) is 5.75 Å². The van der Waals surface area contributed by atoms with E-state index in [2.05, 4.69) is 50.4 Å². The van der Waals surface area contributed by atoms with Crippen molar-refractivity contribution < 1.29 is 4.74 Å². The van der Waals surface area contributed by atoms with Crippen LogP contribution < -0.4 is 10.1 Å². The Bertz CT molecular complexity index is 398. The van der Waals surface area contributed by atoms with E-state index in [0.29, 0.717) is 12.0 Å². The Hall–Kier alpha value is -1.02. The summed E-state index contributed by atoms with van der Waals surface area (Å²) < 4.78 is 5.27. The maximum absolute atomic E-state index is 5.27. The molecule has 2 rings (SSSR count). The Balaban J connectivity index is 2.09. The average Bonchev–Trinajstić information content (AvgIpc) is 2.46. The van der Waals surface area contributed by atoms with Gasteiger partial charge in [0.25, 0.3) is 0 Å². The zero-order valence-electron chi connectivity index (χ0n) is 13.4. The van der Waals surface area contributed by atoms with Crippen molar-refractivity contribution in [1.29, 1.82) is 0 Å². The molecule has 0 saturated heterocycles. The molecular formula is C18H29NO. The third-order valence-electron chi connectivity index (χ3n) is 4.59. The van der Waals surface area contributed by atoms with Gasteiger partial charge in [0, 0.05) is 6.04 Å². The molecule has 0 aliphatic heterocycles. The van der Waals surface area contributed by atoms with Crippen molar-refractivity contribution in [3.05, 3.63) is 29.8 Å². The fraction of sp³-hybridized carbons (Fsp3) is 0.667. The second kappa shape index (κ2) is 7.12. The molecular weight excluding hydrogens is 246 g/mol. The lowest BCUT2D eigenvalue weighted by Gasteiger charge is -2.36. The normalized spacial score (nSPS) is 26.8. The van der Waals surface area contributed by atoms with E-state index in [1.807, 2.05) is 0 Å². The number of ether oxygens (including phenoxy) is 1. The van der Waals surface area contributed by atoms with Crippen molar-refractivity contribution >= 4 is 0 Å². The first kappa shape index (κ1) is 15.4. The molecule has 1 aliphatic rings. The predicted octanol–water partition coefficient (Wildman–Crippen LogP) is 4.21. The van der Waals surface area contributed by atoms with Crippen LogP contribution in [0.25, 0.3) is 0 Å². The average molecular weight is 275 g/mol. The van der Waals surface area contributed by atoms with Crippen LogP contribution in [-0.2, 0) is 0 Å². The molecule has 0 aromatic heterocycles. The molecule has 1 aromatic carbocycles. The van der Waals surface area contributed by atoms with E-state index in [0.717, 1.165) is 24.1 Å². The van der Waals surface area contributed by atoms with Gasteiger partial charge >= 0.3 is 0 Å². The molecule has 2 heteroatoms. The number of hydrogen-bond donors (Lipinski definition) is 1. The maximum atomic E-state index is 5.27. The van der Waals surface area contributed by atoms with Gasteiger partial charge in [-0.1, -0.05) is 39.3 Å². The quantitative estimate of drug-likeness (QED) is 0.869. The Morgan fingerprint density at radius 2 is 1.90 bits per heavy atom. The first-order valence-electron chi connectivity index (χ1n) is 7.97. The molecule has 0 radical (unpaired) electrons. The summed E-state index contributed by atoms with van der Waals surface area (Å²) in [5.74, 6) is 3.25. The van der Waals surface area contributed by atoms with Gasteiger partial charge < -0.3 is 10.1 Å². The maximum Gasteiger partial charge on any atom is 0.118 e. The molecule has 0 spiro atoms. The second-order valence-electron chi connectivity index (χ2n) is 6.62. The monoisotopic (exact) mass is 275 g/mol. The first-order chi connectivity index (χ1) is 9.60. The highest BCUT2D eigenvalue weighted by Gasteiger charge is 2.29. The van der Waals surface area contributed by atoms with Crippen LogP contribution in [0.2, 0.25) is 0 Å². The van der Waals surface area contributed by atoms with E-state index in [1.165, 1.54) is 24.8 Å². The highest BCUT2D eigenvalue weighted by atomic mass is 16.5. The fourth-order valence-electron chi connectivity index (χ4n) is 3.33. The van der Waals surface area contributed by atoms with Crippen LogP contribution in [0.1, 0.15) is 51.5 Å². The number of benzene rings is 1. The van der Waals surface area contributed by atoms with Crippen molar-refractivity contribution in [2.24, 2.45) is 11.8 Å². The van der Waals surface area contributed by atoms with Crippen LogP contribution in [-0.4, -0.2) is 19.7 Å². The van der Waals surface area contributed by atoms with Gasteiger partial charge in [-0.25, -0.2) is 0 Å².